The second-order valence-electron chi connectivity index (χ2n) is 7.69. The number of hydrogen-bond acceptors (Lipinski definition) is 3. The number of aryl methyl sites for hydroxylation is 2. The standard InChI is InChI=1S/C21H26N4O2/c1-16-9-11-24(22-16)12-10-20(26)25-14-17-7-8-19(25)15-23(13-17)21(27)18-5-3-2-4-6-18/h2-6,9,11,17,19H,7-8,10,12-15H2,1H3/t17-,19+/m0/s1. The van der Waals surface area contributed by atoms with Crippen LogP contribution in [0.25, 0.3) is 0 Å². The Balaban J connectivity index is 1.42. The fourth-order valence-electron chi connectivity index (χ4n) is 4.26. The summed E-state index contributed by atoms with van der Waals surface area (Å²) in [6.45, 7) is 4.70. The topological polar surface area (TPSA) is 58.4 Å². The van der Waals surface area contributed by atoms with Gasteiger partial charge in [0, 0.05) is 50.4 Å². The van der Waals surface area contributed by atoms with Crippen LogP contribution in [-0.4, -0.2) is 57.1 Å². The number of fused-ring (bicyclic) bond motifs is 4. The van der Waals surface area contributed by atoms with E-state index in [0.29, 0.717) is 25.4 Å². The molecule has 6 heteroatoms. The van der Waals surface area contributed by atoms with Crippen LogP contribution < -0.4 is 0 Å². The third kappa shape index (κ3) is 3.89. The molecule has 0 N–H and O–H groups in total. The number of piperidine rings is 1. The highest BCUT2D eigenvalue weighted by Gasteiger charge is 2.38. The van der Waals surface area contributed by atoms with E-state index in [1.54, 1.807) is 0 Å². The second-order valence-corrected chi connectivity index (χ2v) is 7.69. The Labute approximate surface area is 159 Å². The van der Waals surface area contributed by atoms with Crippen LogP contribution >= 0.6 is 0 Å². The summed E-state index contributed by atoms with van der Waals surface area (Å²) in [6.07, 6.45) is 4.44. The Hall–Kier alpha value is -2.63. The summed E-state index contributed by atoms with van der Waals surface area (Å²) in [5.41, 5.74) is 1.69. The molecule has 0 radical (unpaired) electrons. The first-order chi connectivity index (χ1) is 13.1. The third-order valence-electron chi connectivity index (χ3n) is 5.67. The molecule has 0 aliphatic carbocycles. The molecule has 3 fully saturated rings. The van der Waals surface area contributed by atoms with Crippen LogP contribution in [0.3, 0.4) is 0 Å². The van der Waals surface area contributed by atoms with E-state index in [-0.39, 0.29) is 17.9 Å². The molecule has 2 bridgehead atoms. The van der Waals surface area contributed by atoms with Crippen molar-refractivity contribution >= 4 is 11.8 Å². The Bertz CT molecular complexity index is 817. The van der Waals surface area contributed by atoms with E-state index in [1.807, 2.05) is 64.0 Å². The van der Waals surface area contributed by atoms with Gasteiger partial charge in [-0.1, -0.05) is 18.2 Å². The highest BCUT2D eigenvalue weighted by atomic mass is 16.2. The van der Waals surface area contributed by atoms with Crippen molar-refractivity contribution in [3.63, 3.8) is 0 Å². The van der Waals surface area contributed by atoms with Gasteiger partial charge >= 0.3 is 0 Å². The van der Waals surface area contributed by atoms with Gasteiger partial charge in [-0.05, 0) is 43.9 Å². The fraction of sp³-hybridized carbons (Fsp3) is 0.476. The zero-order chi connectivity index (χ0) is 18.8. The van der Waals surface area contributed by atoms with Gasteiger partial charge in [-0.2, -0.15) is 5.10 Å². The number of hydrogen-bond donors (Lipinski definition) is 0. The van der Waals surface area contributed by atoms with Crippen molar-refractivity contribution in [1.82, 2.24) is 19.6 Å². The molecular formula is C21H26N4O2. The molecule has 3 aliphatic heterocycles. The largest absolute Gasteiger partial charge is 0.338 e. The molecule has 2 atom stereocenters. The van der Waals surface area contributed by atoms with Crippen LogP contribution in [0.2, 0.25) is 0 Å². The van der Waals surface area contributed by atoms with Gasteiger partial charge in [-0.15, -0.1) is 0 Å². The molecule has 5 rings (SSSR count). The summed E-state index contributed by atoms with van der Waals surface area (Å²) in [4.78, 5) is 29.7. The Morgan fingerprint density at radius 3 is 2.63 bits per heavy atom. The minimum atomic E-state index is 0.0776. The van der Waals surface area contributed by atoms with Crippen molar-refractivity contribution in [3.05, 3.63) is 53.9 Å². The van der Waals surface area contributed by atoms with Gasteiger partial charge in [0.05, 0.1) is 5.69 Å². The van der Waals surface area contributed by atoms with E-state index in [4.69, 9.17) is 0 Å². The highest BCUT2D eigenvalue weighted by molar-refractivity contribution is 5.94. The summed E-state index contributed by atoms with van der Waals surface area (Å²) in [5, 5.41) is 4.36. The number of benzene rings is 1. The van der Waals surface area contributed by atoms with Gasteiger partial charge in [0.1, 0.15) is 0 Å². The van der Waals surface area contributed by atoms with Crippen LogP contribution in [0.1, 0.15) is 35.3 Å². The lowest BCUT2D eigenvalue weighted by Crippen LogP contribution is -2.47. The molecule has 27 heavy (non-hydrogen) atoms. The minimum Gasteiger partial charge on any atom is -0.338 e. The monoisotopic (exact) mass is 366 g/mol. The lowest BCUT2D eigenvalue weighted by Gasteiger charge is -2.36. The molecule has 1 aromatic heterocycles. The molecule has 142 valence electrons. The quantitative estimate of drug-likeness (QED) is 0.835. The molecule has 0 unspecified atom stereocenters. The van der Waals surface area contributed by atoms with E-state index in [9.17, 15) is 9.59 Å². The first-order valence-corrected chi connectivity index (χ1v) is 9.74. The molecule has 6 nitrogen and oxygen atoms in total. The van der Waals surface area contributed by atoms with Crippen molar-refractivity contribution in [2.75, 3.05) is 19.6 Å². The Morgan fingerprint density at radius 1 is 1.07 bits per heavy atom. The van der Waals surface area contributed by atoms with E-state index in [0.717, 1.165) is 37.2 Å². The number of carbonyl (C=O) groups excluding carboxylic acids is 2. The van der Waals surface area contributed by atoms with Crippen LogP contribution in [0.15, 0.2) is 42.6 Å². The lowest BCUT2D eigenvalue weighted by molar-refractivity contribution is -0.135. The van der Waals surface area contributed by atoms with Crippen molar-refractivity contribution < 1.29 is 9.59 Å². The summed E-state index contributed by atoms with van der Waals surface area (Å²) in [7, 11) is 0. The number of carbonyl (C=O) groups is 2. The molecular weight excluding hydrogens is 340 g/mol. The zero-order valence-electron chi connectivity index (χ0n) is 15.8. The van der Waals surface area contributed by atoms with Crippen molar-refractivity contribution in [3.8, 4) is 0 Å². The molecule has 3 saturated heterocycles. The van der Waals surface area contributed by atoms with Crippen molar-refractivity contribution in [1.29, 1.82) is 0 Å². The van der Waals surface area contributed by atoms with E-state index < -0.39 is 0 Å². The first-order valence-electron chi connectivity index (χ1n) is 9.74. The van der Waals surface area contributed by atoms with Gasteiger partial charge < -0.3 is 9.80 Å². The summed E-state index contributed by atoms with van der Waals surface area (Å²) in [6, 6.07) is 11.5. The smallest absolute Gasteiger partial charge is 0.253 e. The Morgan fingerprint density at radius 2 is 1.89 bits per heavy atom. The number of rotatable bonds is 4. The van der Waals surface area contributed by atoms with Gasteiger partial charge in [-0.3, -0.25) is 14.3 Å². The van der Waals surface area contributed by atoms with E-state index in [2.05, 4.69) is 5.10 Å². The lowest BCUT2D eigenvalue weighted by atomic mass is 9.94. The van der Waals surface area contributed by atoms with E-state index >= 15 is 0 Å². The van der Waals surface area contributed by atoms with Gasteiger partial charge in [-0.25, -0.2) is 0 Å². The first kappa shape index (κ1) is 17.8. The minimum absolute atomic E-state index is 0.0776. The van der Waals surface area contributed by atoms with Crippen LogP contribution in [0.4, 0.5) is 0 Å². The van der Waals surface area contributed by atoms with Crippen LogP contribution in [0, 0.1) is 12.8 Å². The summed E-state index contributed by atoms with van der Waals surface area (Å²) >= 11 is 0. The number of amides is 2. The predicted molar refractivity (Wildman–Crippen MR) is 102 cm³/mol. The van der Waals surface area contributed by atoms with Crippen molar-refractivity contribution in [2.45, 2.75) is 38.8 Å². The fourth-order valence-corrected chi connectivity index (χ4v) is 4.26. The molecule has 2 aromatic rings. The Kier molecular flexibility index (Phi) is 4.97. The summed E-state index contributed by atoms with van der Waals surface area (Å²) in [5.74, 6) is 0.619. The normalized spacial score (nSPS) is 22.0. The summed E-state index contributed by atoms with van der Waals surface area (Å²) < 4.78 is 1.83. The molecule has 4 heterocycles. The van der Waals surface area contributed by atoms with Crippen LogP contribution in [-0.2, 0) is 11.3 Å². The maximum atomic E-state index is 12.9. The highest BCUT2D eigenvalue weighted by Crippen LogP contribution is 2.29. The predicted octanol–water partition coefficient (Wildman–Crippen LogP) is 2.34. The molecule has 0 saturated carbocycles. The average molecular weight is 366 g/mol. The second kappa shape index (κ2) is 7.55. The SMILES string of the molecule is Cc1ccn(CCC(=O)N2C[C@H]3CC[C@@H]2CN(C(=O)c2ccccc2)C3)n1. The maximum absolute atomic E-state index is 12.9. The number of aromatic nitrogens is 2. The molecule has 1 aromatic carbocycles. The van der Waals surface area contributed by atoms with Gasteiger partial charge in [0.15, 0.2) is 0 Å². The average Bonchev–Trinajstić information content (AvgIpc) is 2.91. The van der Waals surface area contributed by atoms with Crippen LogP contribution in [0.5, 0.6) is 0 Å². The zero-order valence-corrected chi connectivity index (χ0v) is 15.8. The number of nitrogens with zero attached hydrogens (tertiary/aromatic N) is 4. The molecule has 3 aliphatic rings. The van der Waals surface area contributed by atoms with Crippen molar-refractivity contribution in [2.24, 2.45) is 5.92 Å². The van der Waals surface area contributed by atoms with Gasteiger partial charge in [0.25, 0.3) is 5.91 Å². The molecule has 0 spiro atoms. The van der Waals surface area contributed by atoms with Gasteiger partial charge in [0.2, 0.25) is 5.91 Å². The maximum Gasteiger partial charge on any atom is 0.253 e. The molecule has 2 amide bonds. The van der Waals surface area contributed by atoms with E-state index in [1.165, 1.54) is 0 Å². The third-order valence-corrected chi connectivity index (χ3v) is 5.67.